The number of hydrogen-bond donors (Lipinski definition) is 2. The molecule has 5 heteroatoms. The zero-order valence-electron chi connectivity index (χ0n) is 12.6. The Bertz CT molecular complexity index is 612. The minimum absolute atomic E-state index is 0.117. The summed E-state index contributed by atoms with van der Waals surface area (Å²) in [7, 11) is 0. The number of carbonyl (C=O) groups is 1. The minimum Gasteiger partial charge on any atom is -0.491 e. The SMILES string of the molecule is Cc1ccc(OC[C@@H](C)NC(=O)Nc2ccc(Cl)cc2)cc1. The summed E-state index contributed by atoms with van der Waals surface area (Å²) >= 11 is 5.80. The van der Waals surface area contributed by atoms with Crippen LogP contribution in [0.3, 0.4) is 0 Å². The molecule has 2 aromatic rings. The van der Waals surface area contributed by atoms with Crippen LogP contribution in [0.2, 0.25) is 5.02 Å². The van der Waals surface area contributed by atoms with Crippen molar-refractivity contribution < 1.29 is 9.53 Å². The molecule has 0 aliphatic heterocycles. The average Bonchev–Trinajstić information content (AvgIpc) is 2.49. The molecule has 0 spiro atoms. The van der Waals surface area contributed by atoms with Gasteiger partial charge in [-0.05, 0) is 50.2 Å². The Morgan fingerprint density at radius 2 is 1.77 bits per heavy atom. The molecule has 0 aliphatic rings. The highest BCUT2D eigenvalue weighted by Gasteiger charge is 2.08. The van der Waals surface area contributed by atoms with E-state index >= 15 is 0 Å². The first-order chi connectivity index (χ1) is 10.5. The van der Waals surface area contributed by atoms with Crippen LogP contribution < -0.4 is 15.4 Å². The molecule has 116 valence electrons. The summed E-state index contributed by atoms with van der Waals surface area (Å²) in [6, 6.07) is 14.3. The van der Waals surface area contributed by atoms with Crippen molar-refractivity contribution in [2.75, 3.05) is 11.9 Å². The molecule has 2 aromatic carbocycles. The number of rotatable bonds is 5. The van der Waals surface area contributed by atoms with Gasteiger partial charge in [0.15, 0.2) is 0 Å². The quantitative estimate of drug-likeness (QED) is 0.866. The maximum atomic E-state index is 11.9. The summed E-state index contributed by atoms with van der Waals surface area (Å²) in [5, 5.41) is 6.19. The van der Waals surface area contributed by atoms with E-state index in [1.165, 1.54) is 5.56 Å². The van der Waals surface area contributed by atoms with Crippen molar-refractivity contribution in [3.63, 3.8) is 0 Å². The molecular weight excluding hydrogens is 300 g/mol. The van der Waals surface area contributed by atoms with E-state index in [9.17, 15) is 4.79 Å². The average molecular weight is 319 g/mol. The molecule has 0 radical (unpaired) electrons. The lowest BCUT2D eigenvalue weighted by molar-refractivity contribution is 0.236. The highest BCUT2D eigenvalue weighted by atomic mass is 35.5. The van der Waals surface area contributed by atoms with Gasteiger partial charge in [-0.3, -0.25) is 0 Å². The summed E-state index contributed by atoms with van der Waals surface area (Å²) in [4.78, 5) is 11.9. The molecule has 2 rings (SSSR count). The summed E-state index contributed by atoms with van der Waals surface area (Å²) in [6.07, 6.45) is 0. The van der Waals surface area contributed by atoms with E-state index in [0.29, 0.717) is 17.3 Å². The lowest BCUT2D eigenvalue weighted by Crippen LogP contribution is -2.39. The van der Waals surface area contributed by atoms with Crippen molar-refractivity contribution in [2.45, 2.75) is 19.9 Å². The Hall–Kier alpha value is -2.20. The highest BCUT2D eigenvalue weighted by molar-refractivity contribution is 6.30. The molecule has 0 aromatic heterocycles. The predicted octanol–water partition coefficient (Wildman–Crippen LogP) is 4.24. The van der Waals surface area contributed by atoms with E-state index in [1.807, 2.05) is 38.1 Å². The standard InChI is InChI=1S/C17H19ClN2O2/c1-12-3-9-16(10-4-12)22-11-13(2)19-17(21)20-15-7-5-14(18)6-8-15/h3-10,13H,11H2,1-2H3,(H2,19,20,21)/t13-/m1/s1. The number of aryl methyl sites for hydroxylation is 1. The zero-order valence-corrected chi connectivity index (χ0v) is 13.4. The van der Waals surface area contributed by atoms with Crippen molar-refractivity contribution in [3.05, 3.63) is 59.1 Å². The highest BCUT2D eigenvalue weighted by Crippen LogP contribution is 2.13. The van der Waals surface area contributed by atoms with Crippen molar-refractivity contribution in [1.29, 1.82) is 0 Å². The van der Waals surface area contributed by atoms with Gasteiger partial charge in [-0.25, -0.2) is 4.79 Å². The molecule has 4 nitrogen and oxygen atoms in total. The lowest BCUT2D eigenvalue weighted by atomic mass is 10.2. The number of ether oxygens (including phenoxy) is 1. The molecule has 0 saturated heterocycles. The van der Waals surface area contributed by atoms with Crippen LogP contribution in [0.4, 0.5) is 10.5 Å². The zero-order chi connectivity index (χ0) is 15.9. The van der Waals surface area contributed by atoms with Crippen LogP contribution in [0.1, 0.15) is 12.5 Å². The van der Waals surface area contributed by atoms with Crippen LogP contribution >= 0.6 is 11.6 Å². The second-order valence-electron chi connectivity index (χ2n) is 5.13. The number of halogens is 1. The van der Waals surface area contributed by atoms with Crippen LogP contribution in [0.5, 0.6) is 5.75 Å². The lowest BCUT2D eigenvalue weighted by Gasteiger charge is -2.15. The first-order valence-electron chi connectivity index (χ1n) is 7.05. The van der Waals surface area contributed by atoms with Gasteiger partial charge in [-0.1, -0.05) is 29.3 Å². The summed E-state index contributed by atoms with van der Waals surface area (Å²) in [5.41, 5.74) is 1.87. The fraction of sp³-hybridized carbons (Fsp3) is 0.235. The maximum absolute atomic E-state index is 11.9. The Morgan fingerprint density at radius 1 is 1.14 bits per heavy atom. The topological polar surface area (TPSA) is 50.4 Å². The molecule has 0 heterocycles. The molecule has 2 amide bonds. The van der Waals surface area contributed by atoms with Crippen LogP contribution in [0.25, 0.3) is 0 Å². The first-order valence-corrected chi connectivity index (χ1v) is 7.43. The Labute approximate surface area is 135 Å². The number of hydrogen-bond acceptors (Lipinski definition) is 2. The molecule has 2 N–H and O–H groups in total. The van der Waals surface area contributed by atoms with Crippen molar-refractivity contribution in [1.82, 2.24) is 5.32 Å². The molecular formula is C17H19ClN2O2. The monoisotopic (exact) mass is 318 g/mol. The Morgan fingerprint density at radius 3 is 2.41 bits per heavy atom. The summed E-state index contributed by atoms with van der Waals surface area (Å²) in [5.74, 6) is 0.789. The third-order valence-corrected chi connectivity index (χ3v) is 3.25. The van der Waals surface area contributed by atoms with Crippen LogP contribution in [-0.2, 0) is 0 Å². The van der Waals surface area contributed by atoms with E-state index in [1.54, 1.807) is 24.3 Å². The smallest absolute Gasteiger partial charge is 0.319 e. The van der Waals surface area contributed by atoms with Crippen LogP contribution in [0, 0.1) is 6.92 Å². The van der Waals surface area contributed by atoms with Gasteiger partial charge in [0.25, 0.3) is 0 Å². The number of anilines is 1. The van der Waals surface area contributed by atoms with Gasteiger partial charge >= 0.3 is 6.03 Å². The fourth-order valence-electron chi connectivity index (χ4n) is 1.82. The molecule has 0 fully saturated rings. The van der Waals surface area contributed by atoms with E-state index in [2.05, 4.69) is 10.6 Å². The molecule has 0 aliphatic carbocycles. The maximum Gasteiger partial charge on any atom is 0.319 e. The number of benzene rings is 2. The molecule has 1 atom stereocenters. The van der Waals surface area contributed by atoms with Gasteiger partial charge in [0.1, 0.15) is 12.4 Å². The van der Waals surface area contributed by atoms with Crippen LogP contribution in [0.15, 0.2) is 48.5 Å². The Kier molecular flexibility index (Phi) is 5.67. The molecule has 0 bridgehead atoms. The number of amides is 2. The van der Waals surface area contributed by atoms with Gasteiger partial charge in [0, 0.05) is 10.7 Å². The van der Waals surface area contributed by atoms with Gasteiger partial charge in [-0.2, -0.15) is 0 Å². The van der Waals surface area contributed by atoms with E-state index in [-0.39, 0.29) is 12.1 Å². The summed E-state index contributed by atoms with van der Waals surface area (Å²) in [6.45, 7) is 4.31. The third kappa shape index (κ3) is 5.30. The number of urea groups is 1. The molecule has 0 unspecified atom stereocenters. The van der Waals surface area contributed by atoms with Crippen molar-refractivity contribution in [3.8, 4) is 5.75 Å². The predicted molar refractivity (Wildman–Crippen MR) is 89.7 cm³/mol. The van der Waals surface area contributed by atoms with E-state index < -0.39 is 0 Å². The van der Waals surface area contributed by atoms with Crippen LogP contribution in [-0.4, -0.2) is 18.7 Å². The summed E-state index contributed by atoms with van der Waals surface area (Å²) < 4.78 is 5.63. The fourth-order valence-corrected chi connectivity index (χ4v) is 1.95. The molecule has 0 saturated carbocycles. The van der Waals surface area contributed by atoms with Gasteiger partial charge in [0.2, 0.25) is 0 Å². The second-order valence-corrected chi connectivity index (χ2v) is 5.57. The molecule has 22 heavy (non-hydrogen) atoms. The van der Waals surface area contributed by atoms with Gasteiger partial charge in [0.05, 0.1) is 6.04 Å². The Balaban J connectivity index is 1.76. The van der Waals surface area contributed by atoms with E-state index in [4.69, 9.17) is 16.3 Å². The van der Waals surface area contributed by atoms with Gasteiger partial charge in [-0.15, -0.1) is 0 Å². The van der Waals surface area contributed by atoms with E-state index in [0.717, 1.165) is 5.75 Å². The first kappa shape index (κ1) is 16.2. The van der Waals surface area contributed by atoms with Gasteiger partial charge < -0.3 is 15.4 Å². The number of nitrogens with one attached hydrogen (secondary N) is 2. The normalized spacial score (nSPS) is 11.6. The van der Waals surface area contributed by atoms with Crippen molar-refractivity contribution >= 4 is 23.3 Å². The second kappa shape index (κ2) is 7.71. The number of carbonyl (C=O) groups excluding carboxylic acids is 1. The minimum atomic E-state index is -0.276. The third-order valence-electron chi connectivity index (χ3n) is 3.00. The van der Waals surface area contributed by atoms with Crippen molar-refractivity contribution in [2.24, 2.45) is 0 Å². The largest absolute Gasteiger partial charge is 0.491 e.